The summed E-state index contributed by atoms with van der Waals surface area (Å²) in [5.41, 5.74) is 11.4. The fourth-order valence-corrected chi connectivity index (χ4v) is 8.91. The molecular formula is C48H34FN5. The molecule has 0 saturated carbocycles. The van der Waals surface area contributed by atoms with Crippen molar-refractivity contribution in [2.45, 2.75) is 25.4 Å². The van der Waals surface area contributed by atoms with Crippen molar-refractivity contribution < 1.29 is 4.39 Å². The zero-order chi connectivity index (χ0) is 36.1. The molecule has 0 spiro atoms. The number of benzene rings is 6. The lowest BCUT2D eigenvalue weighted by atomic mass is 9.73. The first kappa shape index (κ1) is 30.8. The van der Waals surface area contributed by atoms with Crippen molar-refractivity contribution in [3.8, 4) is 5.69 Å². The van der Waals surface area contributed by atoms with Gasteiger partial charge < -0.3 is 4.90 Å². The molecule has 6 heteroatoms. The Balaban J connectivity index is 1.10. The van der Waals surface area contributed by atoms with E-state index < -0.39 is 6.17 Å². The normalized spacial score (nSPS) is 14.2. The highest BCUT2D eigenvalue weighted by Gasteiger charge is 2.37. The van der Waals surface area contributed by atoms with Crippen LogP contribution in [0.2, 0.25) is 0 Å². The van der Waals surface area contributed by atoms with Crippen molar-refractivity contribution in [3.05, 3.63) is 186 Å². The van der Waals surface area contributed by atoms with E-state index in [1.165, 1.54) is 16.8 Å². The summed E-state index contributed by atoms with van der Waals surface area (Å²) in [5, 5.41) is 5.28. The second-order valence-corrected chi connectivity index (χ2v) is 14.8. The number of nitrogens with zero attached hydrogens (tertiary/aromatic N) is 5. The number of fused-ring (bicyclic) bond motifs is 11. The third-order valence-electron chi connectivity index (χ3n) is 11.5. The number of imidazole rings is 1. The lowest BCUT2D eigenvalue weighted by Gasteiger charge is -2.42. The molecule has 1 aliphatic heterocycles. The minimum Gasteiger partial charge on any atom is -0.310 e. The number of rotatable bonds is 4. The fraction of sp³-hybridized carbons (Fsp3) is 0.0833. The highest BCUT2D eigenvalue weighted by molar-refractivity contribution is 6.12. The topological polar surface area (TPSA) is 38.4 Å². The molecule has 0 N–H and O–H groups in total. The Kier molecular flexibility index (Phi) is 6.48. The first-order valence-corrected chi connectivity index (χ1v) is 18.4. The van der Waals surface area contributed by atoms with Crippen molar-refractivity contribution >= 4 is 66.3 Å². The second-order valence-electron chi connectivity index (χ2n) is 14.8. The van der Waals surface area contributed by atoms with Gasteiger partial charge in [-0.05, 0) is 94.4 Å². The van der Waals surface area contributed by atoms with Gasteiger partial charge in [0.1, 0.15) is 11.3 Å². The van der Waals surface area contributed by atoms with E-state index in [0.717, 1.165) is 66.3 Å². The van der Waals surface area contributed by atoms with Gasteiger partial charge in [-0.25, -0.2) is 14.4 Å². The molecule has 0 amide bonds. The summed E-state index contributed by atoms with van der Waals surface area (Å²) in [6, 6.07) is 50.1. The number of hydrogen-bond acceptors (Lipinski definition) is 3. The van der Waals surface area contributed by atoms with Crippen LogP contribution in [0.25, 0.3) is 54.9 Å². The molecule has 1 unspecified atom stereocenters. The summed E-state index contributed by atoms with van der Waals surface area (Å²) in [4.78, 5) is 12.0. The van der Waals surface area contributed by atoms with Crippen molar-refractivity contribution in [1.82, 2.24) is 18.9 Å². The molecule has 0 aliphatic carbocycles. The van der Waals surface area contributed by atoms with Crippen LogP contribution in [0, 0.1) is 0 Å². The fourth-order valence-electron chi connectivity index (χ4n) is 8.91. The average molecular weight is 700 g/mol. The Labute approximate surface area is 311 Å². The molecule has 5 heterocycles. The predicted molar refractivity (Wildman–Crippen MR) is 219 cm³/mol. The SMILES string of the molecule is CC1(C)c2ccccc2N(c2ccccc2)c2cc3c(cc21)c1cccnc1n3-c1cccc(C(F)c2ccc3c4ccccc4n4ccnc4c3c2)c1. The van der Waals surface area contributed by atoms with Gasteiger partial charge in [-0.2, -0.15) is 0 Å². The minimum absolute atomic E-state index is 0.252. The van der Waals surface area contributed by atoms with E-state index in [0.29, 0.717) is 11.1 Å². The lowest BCUT2D eigenvalue weighted by Crippen LogP contribution is -2.30. The van der Waals surface area contributed by atoms with E-state index in [1.807, 2.05) is 67.0 Å². The van der Waals surface area contributed by atoms with E-state index in [2.05, 4.69) is 124 Å². The molecule has 4 aromatic heterocycles. The molecule has 10 aromatic rings. The van der Waals surface area contributed by atoms with Crippen molar-refractivity contribution in [1.29, 1.82) is 0 Å². The number of hydrogen-bond donors (Lipinski definition) is 0. The van der Waals surface area contributed by atoms with E-state index in [-0.39, 0.29) is 5.41 Å². The summed E-state index contributed by atoms with van der Waals surface area (Å²) in [6.45, 7) is 4.63. The number of pyridine rings is 2. The first-order valence-electron chi connectivity index (χ1n) is 18.4. The Hall–Kier alpha value is -6.79. The van der Waals surface area contributed by atoms with Gasteiger partial charge in [-0.3, -0.25) is 8.97 Å². The van der Waals surface area contributed by atoms with Crippen LogP contribution in [-0.4, -0.2) is 18.9 Å². The average Bonchev–Trinajstić information content (AvgIpc) is 3.84. The number of aromatic nitrogens is 4. The van der Waals surface area contributed by atoms with Crippen molar-refractivity contribution in [3.63, 3.8) is 0 Å². The molecule has 5 nitrogen and oxygen atoms in total. The molecule has 0 fully saturated rings. The highest BCUT2D eigenvalue weighted by Crippen LogP contribution is 2.53. The van der Waals surface area contributed by atoms with Crippen LogP contribution in [0.5, 0.6) is 0 Å². The summed E-state index contributed by atoms with van der Waals surface area (Å²) in [5.74, 6) is 0. The van der Waals surface area contributed by atoms with Gasteiger partial charge in [0.05, 0.1) is 22.4 Å². The molecule has 6 aromatic carbocycles. The molecule has 1 atom stereocenters. The number of para-hydroxylation sites is 3. The van der Waals surface area contributed by atoms with Gasteiger partial charge in [0.15, 0.2) is 6.17 Å². The minimum atomic E-state index is -1.35. The van der Waals surface area contributed by atoms with Crippen LogP contribution in [0.3, 0.4) is 0 Å². The Morgan fingerprint density at radius 1 is 0.519 bits per heavy atom. The lowest BCUT2D eigenvalue weighted by molar-refractivity contribution is 0.402. The van der Waals surface area contributed by atoms with Gasteiger partial charge in [0, 0.05) is 56.9 Å². The first-order chi connectivity index (χ1) is 26.5. The van der Waals surface area contributed by atoms with Gasteiger partial charge >= 0.3 is 0 Å². The van der Waals surface area contributed by atoms with Gasteiger partial charge in [-0.1, -0.05) is 92.7 Å². The largest absolute Gasteiger partial charge is 0.310 e. The quantitative estimate of drug-likeness (QED) is 0.172. The number of halogens is 1. The van der Waals surface area contributed by atoms with Crippen molar-refractivity contribution in [2.75, 3.05) is 4.90 Å². The van der Waals surface area contributed by atoms with Gasteiger partial charge in [-0.15, -0.1) is 0 Å². The highest BCUT2D eigenvalue weighted by atomic mass is 19.1. The molecule has 0 bridgehead atoms. The number of anilines is 3. The van der Waals surface area contributed by atoms with Gasteiger partial charge in [0.25, 0.3) is 0 Å². The summed E-state index contributed by atoms with van der Waals surface area (Å²) in [6.07, 6.45) is 4.26. The number of alkyl halides is 1. The maximum absolute atomic E-state index is 16.9. The van der Waals surface area contributed by atoms with E-state index in [4.69, 9.17) is 4.98 Å². The zero-order valence-corrected chi connectivity index (χ0v) is 29.8. The monoisotopic (exact) mass is 699 g/mol. The van der Waals surface area contributed by atoms with Crippen LogP contribution >= 0.6 is 0 Å². The second kappa shape index (κ2) is 11.4. The zero-order valence-electron chi connectivity index (χ0n) is 29.8. The Morgan fingerprint density at radius 3 is 2.19 bits per heavy atom. The van der Waals surface area contributed by atoms with Crippen molar-refractivity contribution in [2.24, 2.45) is 0 Å². The maximum Gasteiger partial charge on any atom is 0.150 e. The van der Waals surface area contributed by atoms with Crippen LogP contribution < -0.4 is 4.90 Å². The predicted octanol–water partition coefficient (Wildman–Crippen LogP) is 12.3. The molecule has 11 rings (SSSR count). The summed E-state index contributed by atoms with van der Waals surface area (Å²) >= 11 is 0. The molecule has 0 radical (unpaired) electrons. The van der Waals surface area contributed by atoms with Crippen LogP contribution in [-0.2, 0) is 5.41 Å². The Bertz CT molecular complexity index is 3120. The van der Waals surface area contributed by atoms with Crippen LogP contribution in [0.1, 0.15) is 42.3 Å². The molecule has 1 aliphatic rings. The molecule has 258 valence electrons. The van der Waals surface area contributed by atoms with E-state index in [1.54, 1.807) is 6.20 Å². The standard InChI is InChI=1S/C48H34FN5/c1-48(2)39-18-7-9-20-42(39)53(32-13-4-3-5-14-32)44-29-43-37(28-40(44)48)36-17-11-23-50-47(36)54(43)33-15-10-12-30(26-33)45(49)31-21-22-34-35-16-6-8-19-41(35)52-25-24-51-46(52)38(34)27-31/h3-29,45H,1-2H3. The van der Waals surface area contributed by atoms with E-state index >= 15 is 4.39 Å². The molecular weight excluding hydrogens is 666 g/mol. The summed E-state index contributed by atoms with van der Waals surface area (Å²) in [7, 11) is 0. The van der Waals surface area contributed by atoms with E-state index in [9.17, 15) is 0 Å². The van der Waals surface area contributed by atoms with Crippen LogP contribution in [0.4, 0.5) is 21.5 Å². The summed E-state index contributed by atoms with van der Waals surface area (Å²) < 4.78 is 21.2. The third-order valence-corrected chi connectivity index (χ3v) is 11.5. The Morgan fingerprint density at radius 2 is 1.28 bits per heavy atom. The third kappa shape index (κ3) is 4.31. The molecule has 0 saturated heterocycles. The molecule has 54 heavy (non-hydrogen) atoms. The smallest absolute Gasteiger partial charge is 0.150 e. The maximum atomic E-state index is 16.9. The van der Waals surface area contributed by atoms with Gasteiger partial charge in [0.2, 0.25) is 0 Å². The van der Waals surface area contributed by atoms with Crippen LogP contribution in [0.15, 0.2) is 164 Å².